The third-order valence-corrected chi connectivity index (χ3v) is 3.60. The zero-order chi connectivity index (χ0) is 10.7. The Hall–Kier alpha value is -0.610. The fraction of sp³-hybridized carbons (Fsp3) is 0.909. The molecule has 4 nitrogen and oxygen atoms in total. The Labute approximate surface area is 90.6 Å². The lowest BCUT2D eigenvalue weighted by molar-refractivity contribution is -0.141. The molecule has 0 radical (unpaired) electrons. The summed E-state index contributed by atoms with van der Waals surface area (Å²) in [6.07, 6.45) is 6.49. The minimum atomic E-state index is -0.712. The van der Waals surface area contributed by atoms with Gasteiger partial charge in [0, 0.05) is 25.7 Å². The van der Waals surface area contributed by atoms with Gasteiger partial charge in [-0.2, -0.15) is 0 Å². The van der Waals surface area contributed by atoms with Crippen LogP contribution in [0.15, 0.2) is 0 Å². The highest BCUT2D eigenvalue weighted by Gasteiger charge is 2.29. The lowest BCUT2D eigenvalue weighted by Crippen LogP contribution is -2.57. The van der Waals surface area contributed by atoms with Crippen molar-refractivity contribution in [1.29, 1.82) is 0 Å². The largest absolute Gasteiger partial charge is 0.480 e. The standard InChI is InChI=1S/C11H20N2O2/c14-11(15)10-8-13(7-6-12-10)9-4-2-1-3-5-9/h9-10,12H,1-8H2,(H,14,15). The van der Waals surface area contributed by atoms with Gasteiger partial charge in [-0.15, -0.1) is 0 Å². The van der Waals surface area contributed by atoms with Gasteiger partial charge in [-0.1, -0.05) is 19.3 Å². The number of hydrogen-bond acceptors (Lipinski definition) is 3. The van der Waals surface area contributed by atoms with E-state index in [-0.39, 0.29) is 6.04 Å². The first-order chi connectivity index (χ1) is 7.27. The maximum Gasteiger partial charge on any atom is 0.322 e. The molecule has 2 aliphatic rings. The first-order valence-corrected chi connectivity index (χ1v) is 5.97. The molecule has 1 unspecified atom stereocenters. The number of aliphatic carboxylic acids is 1. The number of carboxylic acid groups (broad SMARTS) is 1. The molecular weight excluding hydrogens is 192 g/mol. The molecule has 0 spiro atoms. The third kappa shape index (κ3) is 2.69. The van der Waals surface area contributed by atoms with E-state index in [0.717, 1.165) is 13.1 Å². The molecule has 2 rings (SSSR count). The van der Waals surface area contributed by atoms with Crippen molar-refractivity contribution in [3.63, 3.8) is 0 Å². The molecule has 15 heavy (non-hydrogen) atoms. The monoisotopic (exact) mass is 212 g/mol. The minimum Gasteiger partial charge on any atom is -0.480 e. The van der Waals surface area contributed by atoms with E-state index >= 15 is 0 Å². The molecule has 1 aliphatic carbocycles. The van der Waals surface area contributed by atoms with E-state index in [2.05, 4.69) is 10.2 Å². The van der Waals surface area contributed by atoms with Crippen LogP contribution in [-0.4, -0.2) is 47.7 Å². The van der Waals surface area contributed by atoms with Crippen molar-refractivity contribution < 1.29 is 9.90 Å². The number of nitrogens with zero attached hydrogens (tertiary/aromatic N) is 1. The van der Waals surface area contributed by atoms with Crippen molar-refractivity contribution in [3.8, 4) is 0 Å². The normalized spacial score (nSPS) is 30.3. The Morgan fingerprint density at radius 2 is 2.00 bits per heavy atom. The molecule has 0 aromatic rings. The SMILES string of the molecule is O=C(O)C1CN(C2CCCCC2)CCN1. The van der Waals surface area contributed by atoms with Gasteiger partial charge in [-0.05, 0) is 12.8 Å². The molecule has 2 fully saturated rings. The summed E-state index contributed by atoms with van der Waals surface area (Å²) in [7, 11) is 0. The van der Waals surface area contributed by atoms with Gasteiger partial charge >= 0.3 is 5.97 Å². The van der Waals surface area contributed by atoms with E-state index in [1.165, 1.54) is 32.1 Å². The topological polar surface area (TPSA) is 52.6 Å². The van der Waals surface area contributed by atoms with Crippen molar-refractivity contribution in [1.82, 2.24) is 10.2 Å². The first kappa shape index (κ1) is 10.9. The molecule has 0 aromatic carbocycles. The molecule has 1 heterocycles. The number of carbonyl (C=O) groups is 1. The summed E-state index contributed by atoms with van der Waals surface area (Å²) in [5.41, 5.74) is 0. The van der Waals surface area contributed by atoms with Crippen LogP contribution in [0, 0.1) is 0 Å². The lowest BCUT2D eigenvalue weighted by atomic mass is 9.93. The fourth-order valence-corrected chi connectivity index (χ4v) is 2.72. The highest BCUT2D eigenvalue weighted by Crippen LogP contribution is 2.23. The minimum absolute atomic E-state index is 0.360. The summed E-state index contributed by atoms with van der Waals surface area (Å²) >= 11 is 0. The van der Waals surface area contributed by atoms with Crippen molar-refractivity contribution >= 4 is 5.97 Å². The molecule has 0 amide bonds. The highest BCUT2D eigenvalue weighted by molar-refractivity contribution is 5.73. The van der Waals surface area contributed by atoms with Crippen molar-refractivity contribution in [2.45, 2.75) is 44.2 Å². The quantitative estimate of drug-likeness (QED) is 0.706. The molecule has 86 valence electrons. The molecule has 1 atom stereocenters. The maximum atomic E-state index is 10.9. The number of hydrogen-bond donors (Lipinski definition) is 2. The van der Waals surface area contributed by atoms with E-state index in [0.29, 0.717) is 12.6 Å². The summed E-state index contributed by atoms with van der Waals surface area (Å²) in [5, 5.41) is 12.0. The summed E-state index contributed by atoms with van der Waals surface area (Å²) in [6, 6.07) is 0.281. The van der Waals surface area contributed by atoms with Crippen LogP contribution in [0.5, 0.6) is 0 Å². The number of nitrogens with one attached hydrogen (secondary N) is 1. The Bertz CT molecular complexity index is 227. The van der Waals surface area contributed by atoms with Crippen LogP contribution in [0.1, 0.15) is 32.1 Å². The summed E-state index contributed by atoms with van der Waals surface area (Å²) in [5.74, 6) is -0.712. The molecule has 0 bridgehead atoms. The second kappa shape index (κ2) is 4.94. The predicted octanol–water partition coefficient (Wildman–Crippen LogP) is 0.677. The van der Waals surface area contributed by atoms with E-state index < -0.39 is 5.97 Å². The average molecular weight is 212 g/mol. The summed E-state index contributed by atoms with van der Waals surface area (Å²) in [4.78, 5) is 13.3. The van der Waals surface area contributed by atoms with Crippen molar-refractivity contribution in [3.05, 3.63) is 0 Å². The van der Waals surface area contributed by atoms with Crippen LogP contribution in [0.4, 0.5) is 0 Å². The maximum absolute atomic E-state index is 10.9. The van der Waals surface area contributed by atoms with Gasteiger partial charge in [-0.25, -0.2) is 0 Å². The van der Waals surface area contributed by atoms with Crippen molar-refractivity contribution in [2.75, 3.05) is 19.6 Å². The Balaban J connectivity index is 1.88. The molecule has 0 aromatic heterocycles. The van der Waals surface area contributed by atoms with Gasteiger partial charge in [0.15, 0.2) is 0 Å². The third-order valence-electron chi connectivity index (χ3n) is 3.60. The fourth-order valence-electron chi connectivity index (χ4n) is 2.72. The van der Waals surface area contributed by atoms with E-state index in [9.17, 15) is 4.79 Å². The van der Waals surface area contributed by atoms with Gasteiger partial charge in [0.25, 0.3) is 0 Å². The highest BCUT2D eigenvalue weighted by atomic mass is 16.4. The molecular formula is C11H20N2O2. The molecule has 1 saturated carbocycles. The first-order valence-electron chi connectivity index (χ1n) is 5.97. The Kier molecular flexibility index (Phi) is 3.59. The second-order valence-electron chi connectivity index (χ2n) is 4.63. The van der Waals surface area contributed by atoms with Gasteiger partial charge in [0.05, 0.1) is 0 Å². The zero-order valence-electron chi connectivity index (χ0n) is 9.11. The molecule has 1 aliphatic heterocycles. The van der Waals surface area contributed by atoms with E-state index in [1.54, 1.807) is 0 Å². The lowest BCUT2D eigenvalue weighted by Gasteiger charge is -2.39. The van der Waals surface area contributed by atoms with Gasteiger partial charge in [0.1, 0.15) is 6.04 Å². The summed E-state index contributed by atoms with van der Waals surface area (Å²) < 4.78 is 0. The number of rotatable bonds is 2. The smallest absolute Gasteiger partial charge is 0.322 e. The molecule has 1 saturated heterocycles. The summed E-state index contributed by atoms with van der Waals surface area (Å²) in [6.45, 7) is 2.50. The van der Waals surface area contributed by atoms with Crippen LogP contribution in [0.3, 0.4) is 0 Å². The van der Waals surface area contributed by atoms with Gasteiger partial charge in [0.2, 0.25) is 0 Å². The van der Waals surface area contributed by atoms with Crippen LogP contribution < -0.4 is 5.32 Å². The van der Waals surface area contributed by atoms with E-state index in [4.69, 9.17) is 5.11 Å². The van der Waals surface area contributed by atoms with E-state index in [1.807, 2.05) is 0 Å². The van der Waals surface area contributed by atoms with Crippen molar-refractivity contribution in [2.24, 2.45) is 0 Å². The number of carboxylic acids is 1. The Morgan fingerprint density at radius 3 is 2.67 bits per heavy atom. The average Bonchev–Trinajstić information content (AvgIpc) is 2.30. The molecule has 2 N–H and O–H groups in total. The van der Waals surface area contributed by atoms with Crippen LogP contribution in [0.25, 0.3) is 0 Å². The van der Waals surface area contributed by atoms with Crippen LogP contribution in [0.2, 0.25) is 0 Å². The van der Waals surface area contributed by atoms with Crippen LogP contribution >= 0.6 is 0 Å². The van der Waals surface area contributed by atoms with Crippen LogP contribution in [-0.2, 0) is 4.79 Å². The zero-order valence-corrected chi connectivity index (χ0v) is 9.11. The predicted molar refractivity (Wildman–Crippen MR) is 57.9 cm³/mol. The number of piperazine rings is 1. The van der Waals surface area contributed by atoms with Gasteiger partial charge in [-0.3, -0.25) is 9.69 Å². The molecule has 4 heteroatoms. The Morgan fingerprint density at radius 1 is 1.27 bits per heavy atom. The second-order valence-corrected chi connectivity index (χ2v) is 4.63. The van der Waals surface area contributed by atoms with Gasteiger partial charge < -0.3 is 10.4 Å².